The van der Waals surface area contributed by atoms with Crippen molar-refractivity contribution in [1.82, 2.24) is 35.1 Å². The van der Waals surface area contributed by atoms with Crippen molar-refractivity contribution in [2.45, 2.75) is 32.2 Å². The van der Waals surface area contributed by atoms with E-state index in [0.717, 1.165) is 18.5 Å². The molecule has 1 aliphatic rings. The molecule has 0 atom stereocenters. The van der Waals surface area contributed by atoms with Gasteiger partial charge in [-0.1, -0.05) is 28.4 Å². The summed E-state index contributed by atoms with van der Waals surface area (Å²) in [4.78, 5) is 30.3. The van der Waals surface area contributed by atoms with Gasteiger partial charge in [-0.25, -0.2) is 14.3 Å². The lowest BCUT2D eigenvalue weighted by molar-refractivity contribution is 0.0964. The molecule has 4 aromatic rings. The van der Waals surface area contributed by atoms with Gasteiger partial charge in [-0.3, -0.25) is 9.59 Å². The van der Waals surface area contributed by atoms with Crippen molar-refractivity contribution in [2.75, 3.05) is 12.4 Å². The van der Waals surface area contributed by atoms with E-state index in [2.05, 4.69) is 31.0 Å². The molecule has 3 aromatic heterocycles. The van der Waals surface area contributed by atoms with E-state index in [4.69, 9.17) is 23.2 Å². The molecule has 5 rings (SSSR count). The molecule has 10 nitrogen and oxygen atoms in total. The fourth-order valence-corrected chi connectivity index (χ4v) is 4.36. The summed E-state index contributed by atoms with van der Waals surface area (Å²) < 4.78 is 3.08. The number of carbonyl (C=O) groups is 2. The molecule has 0 unspecified atom stereocenters. The second-order valence-corrected chi connectivity index (χ2v) is 9.38. The Labute approximate surface area is 216 Å². The molecule has 0 aliphatic heterocycles. The number of aryl methyl sites for hydroxylation is 1. The molecular formula is C24H22Cl2N8O2. The summed E-state index contributed by atoms with van der Waals surface area (Å²) in [6.07, 6.45) is 5.71. The van der Waals surface area contributed by atoms with Crippen molar-refractivity contribution in [2.24, 2.45) is 0 Å². The molecule has 12 heteroatoms. The molecule has 1 fully saturated rings. The van der Waals surface area contributed by atoms with E-state index in [0.29, 0.717) is 45.3 Å². The maximum atomic E-state index is 13.5. The highest BCUT2D eigenvalue weighted by Gasteiger charge is 2.27. The predicted molar refractivity (Wildman–Crippen MR) is 135 cm³/mol. The highest BCUT2D eigenvalue weighted by atomic mass is 35.5. The van der Waals surface area contributed by atoms with Gasteiger partial charge in [0.2, 0.25) is 0 Å². The normalized spacial score (nSPS) is 13.0. The van der Waals surface area contributed by atoms with Gasteiger partial charge in [0.1, 0.15) is 5.69 Å². The zero-order chi connectivity index (χ0) is 25.4. The number of hydrogen-bond donors (Lipinski definition) is 2. The minimum atomic E-state index is -0.497. The monoisotopic (exact) mass is 524 g/mol. The third-order valence-corrected chi connectivity index (χ3v) is 6.33. The number of carbonyl (C=O) groups excluding carboxylic acids is 2. The van der Waals surface area contributed by atoms with Crippen LogP contribution in [0.1, 0.15) is 56.6 Å². The van der Waals surface area contributed by atoms with Crippen LogP contribution < -0.4 is 10.6 Å². The maximum absolute atomic E-state index is 13.5. The standard InChI is InChI=1S/C24H22Cl2N8O2/c1-13-8-15(25)9-17(23(35)27-2)21(13)29-24(36)20-10-16(11-33-12-19(30-32-33)14-5-6-14)31-34(20)22-18(26)4-3-7-28-22/h3-4,7-10,12,14H,5-6,11H2,1-2H3,(H,27,35)(H,29,36). The van der Waals surface area contributed by atoms with E-state index in [1.165, 1.54) is 17.8 Å². The highest BCUT2D eigenvalue weighted by Crippen LogP contribution is 2.38. The highest BCUT2D eigenvalue weighted by molar-refractivity contribution is 6.32. The lowest BCUT2D eigenvalue weighted by atomic mass is 10.1. The molecular weight excluding hydrogens is 503 g/mol. The maximum Gasteiger partial charge on any atom is 0.274 e. The average Bonchev–Trinajstić information content (AvgIpc) is 3.46. The lowest BCUT2D eigenvalue weighted by Gasteiger charge is -2.14. The molecule has 3 heterocycles. The Bertz CT molecular complexity index is 1470. The van der Waals surface area contributed by atoms with Gasteiger partial charge in [-0.05, 0) is 55.7 Å². The smallest absolute Gasteiger partial charge is 0.274 e. The first-order chi connectivity index (χ1) is 17.3. The topological polar surface area (TPSA) is 120 Å². The van der Waals surface area contributed by atoms with E-state index in [-0.39, 0.29) is 17.2 Å². The summed E-state index contributed by atoms with van der Waals surface area (Å²) in [6.45, 7) is 2.06. The second kappa shape index (κ2) is 9.71. The third-order valence-electron chi connectivity index (χ3n) is 5.82. The fourth-order valence-electron chi connectivity index (χ4n) is 3.89. The van der Waals surface area contributed by atoms with Crippen molar-refractivity contribution in [3.05, 3.63) is 81.0 Å². The number of halogens is 2. The largest absolute Gasteiger partial charge is 0.355 e. The van der Waals surface area contributed by atoms with Crippen LogP contribution in [0.15, 0.2) is 42.7 Å². The second-order valence-electron chi connectivity index (χ2n) is 8.54. The number of rotatable bonds is 7. The van der Waals surface area contributed by atoms with Crippen LogP contribution in [0.25, 0.3) is 5.82 Å². The molecule has 36 heavy (non-hydrogen) atoms. The molecule has 1 aliphatic carbocycles. The number of anilines is 1. The Morgan fingerprint density at radius 3 is 2.69 bits per heavy atom. The van der Waals surface area contributed by atoms with Gasteiger partial charge in [-0.2, -0.15) is 5.10 Å². The number of benzene rings is 1. The van der Waals surface area contributed by atoms with Crippen molar-refractivity contribution in [1.29, 1.82) is 0 Å². The van der Waals surface area contributed by atoms with Gasteiger partial charge < -0.3 is 10.6 Å². The summed E-state index contributed by atoms with van der Waals surface area (Å²) >= 11 is 12.5. The van der Waals surface area contributed by atoms with E-state index in [1.54, 1.807) is 42.1 Å². The molecule has 0 spiro atoms. The van der Waals surface area contributed by atoms with Gasteiger partial charge >= 0.3 is 0 Å². The number of nitrogens with zero attached hydrogens (tertiary/aromatic N) is 6. The fraction of sp³-hybridized carbons (Fsp3) is 0.250. The molecule has 0 bridgehead atoms. The van der Waals surface area contributed by atoms with Crippen LogP contribution in [0, 0.1) is 6.92 Å². The minimum absolute atomic E-state index is 0.185. The predicted octanol–water partition coefficient (Wildman–Crippen LogP) is 4.01. The summed E-state index contributed by atoms with van der Waals surface area (Å²) in [7, 11) is 1.51. The van der Waals surface area contributed by atoms with Crippen LogP contribution in [0.3, 0.4) is 0 Å². The Balaban J connectivity index is 1.52. The van der Waals surface area contributed by atoms with Crippen LogP contribution in [-0.4, -0.2) is 48.6 Å². The Morgan fingerprint density at radius 1 is 1.17 bits per heavy atom. The van der Waals surface area contributed by atoms with Crippen LogP contribution in [-0.2, 0) is 6.54 Å². The third kappa shape index (κ3) is 4.82. The zero-order valence-electron chi connectivity index (χ0n) is 19.5. The number of aromatic nitrogens is 6. The number of nitrogens with one attached hydrogen (secondary N) is 2. The van der Waals surface area contributed by atoms with E-state index >= 15 is 0 Å². The molecule has 0 saturated heterocycles. The van der Waals surface area contributed by atoms with Crippen LogP contribution in [0.2, 0.25) is 10.0 Å². The molecule has 184 valence electrons. The van der Waals surface area contributed by atoms with Crippen molar-refractivity contribution in [3.8, 4) is 5.82 Å². The molecule has 1 saturated carbocycles. The SMILES string of the molecule is CNC(=O)c1cc(Cl)cc(C)c1NC(=O)c1cc(Cn2cc(C3CC3)nn2)nn1-c1ncccc1Cl. The van der Waals surface area contributed by atoms with Gasteiger partial charge in [-0.15, -0.1) is 5.10 Å². The summed E-state index contributed by atoms with van der Waals surface area (Å²) in [5.74, 6) is -0.104. The summed E-state index contributed by atoms with van der Waals surface area (Å²) in [6, 6.07) is 8.17. The Morgan fingerprint density at radius 2 is 1.97 bits per heavy atom. The quantitative estimate of drug-likeness (QED) is 0.376. The van der Waals surface area contributed by atoms with Gasteiger partial charge in [0, 0.05) is 30.4 Å². The average molecular weight is 525 g/mol. The molecule has 2 N–H and O–H groups in total. The first-order valence-electron chi connectivity index (χ1n) is 11.3. The van der Waals surface area contributed by atoms with Crippen molar-refractivity contribution in [3.63, 3.8) is 0 Å². The minimum Gasteiger partial charge on any atom is -0.355 e. The van der Waals surface area contributed by atoms with Gasteiger partial charge in [0.15, 0.2) is 5.82 Å². The molecule has 1 aromatic carbocycles. The van der Waals surface area contributed by atoms with Crippen LogP contribution >= 0.6 is 23.2 Å². The molecule has 2 amide bonds. The first-order valence-corrected chi connectivity index (χ1v) is 12.0. The zero-order valence-corrected chi connectivity index (χ0v) is 21.0. The van der Waals surface area contributed by atoms with E-state index in [1.807, 2.05) is 6.20 Å². The number of amides is 2. The summed E-state index contributed by atoms with van der Waals surface area (Å²) in [5.41, 5.74) is 2.93. The van der Waals surface area contributed by atoms with E-state index in [9.17, 15) is 9.59 Å². The Hall–Kier alpha value is -3.76. The lowest BCUT2D eigenvalue weighted by Crippen LogP contribution is -2.23. The number of pyridine rings is 1. The van der Waals surface area contributed by atoms with Crippen LogP contribution in [0.4, 0.5) is 5.69 Å². The van der Waals surface area contributed by atoms with Crippen molar-refractivity contribution < 1.29 is 9.59 Å². The molecule has 0 radical (unpaired) electrons. The van der Waals surface area contributed by atoms with E-state index < -0.39 is 5.91 Å². The van der Waals surface area contributed by atoms with Crippen molar-refractivity contribution >= 4 is 40.7 Å². The number of hydrogen-bond acceptors (Lipinski definition) is 6. The van der Waals surface area contributed by atoms with Crippen LogP contribution in [0.5, 0.6) is 0 Å². The summed E-state index contributed by atoms with van der Waals surface area (Å²) in [5, 5.41) is 19.2. The Kier molecular flexibility index (Phi) is 6.46. The first kappa shape index (κ1) is 24.0. The van der Waals surface area contributed by atoms with Gasteiger partial charge in [0.05, 0.1) is 34.2 Å². The van der Waals surface area contributed by atoms with Gasteiger partial charge in [0.25, 0.3) is 11.8 Å².